The predicted octanol–water partition coefficient (Wildman–Crippen LogP) is 6.65. The molecule has 0 amide bonds. The molecule has 1 aliphatic rings. The fraction of sp³-hybridized carbons (Fsp3) is 0.0400. The van der Waals surface area contributed by atoms with Gasteiger partial charge >= 0.3 is 5.97 Å². The topological polar surface area (TPSA) is 85.3 Å². The van der Waals surface area contributed by atoms with E-state index < -0.39 is 11.9 Å². The van der Waals surface area contributed by atoms with Gasteiger partial charge in [-0.1, -0.05) is 59.6 Å². The lowest BCUT2D eigenvalue weighted by molar-refractivity contribution is 0.0740. The number of benzene rings is 3. The zero-order chi connectivity index (χ0) is 23.1. The Hall–Kier alpha value is -3.50. The third kappa shape index (κ3) is 3.81. The first-order chi connectivity index (χ1) is 16.0. The first-order valence-electron chi connectivity index (χ1n) is 9.82. The number of thiophene rings is 1. The molecule has 1 aromatic heterocycles. The number of nitriles is 1. The number of fused-ring (bicyclic) bond motifs is 2. The van der Waals surface area contributed by atoms with Gasteiger partial charge in [-0.25, -0.2) is 4.79 Å². The number of esters is 1. The summed E-state index contributed by atoms with van der Waals surface area (Å²) in [4.78, 5) is 13.1. The van der Waals surface area contributed by atoms with E-state index in [0.29, 0.717) is 26.2 Å². The molecule has 3 aromatic carbocycles. The average Bonchev–Trinajstić information content (AvgIpc) is 3.15. The van der Waals surface area contributed by atoms with E-state index >= 15 is 0 Å². The molecule has 1 unspecified atom stereocenters. The number of ether oxygens (including phenoxy) is 2. The molecular formula is C25H14Cl2N2O3S. The maximum atomic E-state index is 12.8. The molecule has 8 heteroatoms. The largest absolute Gasteiger partial charge is 0.440 e. The van der Waals surface area contributed by atoms with Crippen LogP contribution in [0.1, 0.15) is 26.7 Å². The summed E-state index contributed by atoms with van der Waals surface area (Å²) in [5.41, 5.74) is 7.91. The normalized spacial score (nSPS) is 15.0. The Bertz CT molecular complexity index is 1490. The van der Waals surface area contributed by atoms with Crippen LogP contribution in [0.3, 0.4) is 0 Å². The van der Waals surface area contributed by atoms with Gasteiger partial charge in [-0.15, -0.1) is 11.3 Å². The fourth-order valence-corrected chi connectivity index (χ4v) is 5.31. The van der Waals surface area contributed by atoms with E-state index in [-0.39, 0.29) is 11.6 Å². The van der Waals surface area contributed by atoms with Crippen molar-refractivity contribution >= 4 is 50.6 Å². The van der Waals surface area contributed by atoms with Crippen molar-refractivity contribution in [3.05, 3.63) is 104 Å². The van der Waals surface area contributed by atoms with Gasteiger partial charge in [0.1, 0.15) is 28.0 Å². The van der Waals surface area contributed by atoms with Crippen LogP contribution in [0.2, 0.25) is 10.0 Å². The van der Waals surface area contributed by atoms with Crippen molar-refractivity contribution in [2.75, 3.05) is 0 Å². The number of carbonyl (C=O) groups is 1. The van der Waals surface area contributed by atoms with E-state index in [2.05, 4.69) is 6.07 Å². The summed E-state index contributed by atoms with van der Waals surface area (Å²) < 4.78 is 12.2. The summed E-state index contributed by atoms with van der Waals surface area (Å²) in [7, 11) is 0. The molecule has 0 aliphatic carbocycles. The monoisotopic (exact) mass is 492 g/mol. The Balaban J connectivity index is 1.49. The molecular weight excluding hydrogens is 479 g/mol. The molecule has 0 radical (unpaired) electrons. The minimum atomic E-state index is -0.563. The van der Waals surface area contributed by atoms with Gasteiger partial charge in [0.2, 0.25) is 5.88 Å². The minimum Gasteiger partial charge on any atom is -0.440 e. The van der Waals surface area contributed by atoms with Gasteiger partial charge in [0.05, 0.1) is 10.9 Å². The number of allylic oxidation sites excluding steroid dienone is 1. The molecule has 1 aliphatic heterocycles. The summed E-state index contributed by atoms with van der Waals surface area (Å²) in [5.74, 6) is -0.319. The van der Waals surface area contributed by atoms with E-state index in [4.69, 9.17) is 38.4 Å². The van der Waals surface area contributed by atoms with Crippen LogP contribution in [0.4, 0.5) is 0 Å². The number of nitrogens with two attached hydrogens (primary N) is 1. The number of rotatable bonds is 3. The van der Waals surface area contributed by atoms with Crippen LogP contribution in [0.25, 0.3) is 10.1 Å². The maximum absolute atomic E-state index is 12.8. The van der Waals surface area contributed by atoms with E-state index in [0.717, 1.165) is 21.2 Å². The molecule has 2 heterocycles. The average molecular weight is 493 g/mol. The highest BCUT2D eigenvalue weighted by molar-refractivity contribution is 7.21. The van der Waals surface area contributed by atoms with Gasteiger partial charge in [-0.05, 0) is 29.8 Å². The van der Waals surface area contributed by atoms with Crippen molar-refractivity contribution in [2.24, 2.45) is 5.73 Å². The van der Waals surface area contributed by atoms with Crippen LogP contribution in [-0.2, 0) is 0 Å². The van der Waals surface area contributed by atoms with Crippen LogP contribution >= 0.6 is 34.5 Å². The van der Waals surface area contributed by atoms with Crippen molar-refractivity contribution in [1.82, 2.24) is 0 Å². The second kappa shape index (κ2) is 8.45. The van der Waals surface area contributed by atoms with Crippen LogP contribution < -0.4 is 15.2 Å². The van der Waals surface area contributed by atoms with Gasteiger partial charge in [-0.2, -0.15) is 5.26 Å². The molecule has 5 nitrogen and oxygen atoms in total. The standard InChI is InChI=1S/C25H14Cl2N2O3S/c26-14-7-5-13(6-8-14)21-16-10-9-15(11-19(16)32-24(29)18(21)12-28)31-25(30)23-22(27)17-3-1-2-4-20(17)33-23/h1-11,21H,29H2. The van der Waals surface area contributed by atoms with Crippen molar-refractivity contribution < 1.29 is 14.3 Å². The lowest BCUT2D eigenvalue weighted by Crippen LogP contribution is -2.21. The predicted molar refractivity (Wildman–Crippen MR) is 129 cm³/mol. The van der Waals surface area contributed by atoms with E-state index in [1.54, 1.807) is 30.3 Å². The molecule has 1 atom stereocenters. The van der Waals surface area contributed by atoms with Crippen molar-refractivity contribution in [3.8, 4) is 17.6 Å². The van der Waals surface area contributed by atoms with Crippen LogP contribution in [0, 0.1) is 11.3 Å². The molecule has 0 saturated heterocycles. The number of hydrogen-bond acceptors (Lipinski definition) is 6. The van der Waals surface area contributed by atoms with E-state index in [1.807, 2.05) is 36.4 Å². The molecule has 0 bridgehead atoms. The minimum absolute atomic E-state index is 0.000905. The van der Waals surface area contributed by atoms with E-state index in [9.17, 15) is 10.1 Å². The summed E-state index contributed by atoms with van der Waals surface area (Å²) in [6.45, 7) is 0. The first-order valence-corrected chi connectivity index (χ1v) is 11.4. The Morgan fingerprint density at radius 3 is 2.58 bits per heavy atom. The molecule has 0 fully saturated rings. The van der Waals surface area contributed by atoms with Crippen LogP contribution in [0.15, 0.2) is 78.2 Å². The van der Waals surface area contributed by atoms with Gasteiger partial charge in [0.25, 0.3) is 0 Å². The molecule has 2 N–H and O–H groups in total. The third-order valence-corrected chi connectivity index (χ3v) is 7.23. The highest BCUT2D eigenvalue weighted by Crippen LogP contribution is 2.44. The quantitative estimate of drug-likeness (QED) is 0.255. The number of nitrogens with zero attached hydrogens (tertiary/aromatic N) is 1. The Labute approximate surface area is 203 Å². The summed E-state index contributed by atoms with van der Waals surface area (Å²) in [6, 6.07) is 21.8. The Morgan fingerprint density at radius 1 is 1.09 bits per heavy atom. The lowest BCUT2D eigenvalue weighted by atomic mass is 9.83. The zero-order valence-electron chi connectivity index (χ0n) is 16.8. The lowest BCUT2D eigenvalue weighted by Gasteiger charge is -2.26. The summed E-state index contributed by atoms with van der Waals surface area (Å²) >= 11 is 13.7. The molecule has 0 spiro atoms. The molecule has 33 heavy (non-hydrogen) atoms. The molecule has 0 saturated carbocycles. The molecule has 4 aromatic rings. The van der Waals surface area contributed by atoms with Crippen molar-refractivity contribution in [3.63, 3.8) is 0 Å². The Morgan fingerprint density at radius 2 is 1.85 bits per heavy atom. The van der Waals surface area contributed by atoms with Gasteiger partial charge < -0.3 is 15.2 Å². The smallest absolute Gasteiger partial charge is 0.355 e. The summed E-state index contributed by atoms with van der Waals surface area (Å²) in [6.07, 6.45) is 0. The van der Waals surface area contributed by atoms with Crippen LogP contribution in [-0.4, -0.2) is 5.97 Å². The highest BCUT2D eigenvalue weighted by atomic mass is 35.5. The van der Waals surface area contributed by atoms with Gasteiger partial charge in [-0.3, -0.25) is 0 Å². The number of carbonyl (C=O) groups excluding carboxylic acids is 1. The molecule has 5 rings (SSSR count). The molecule has 162 valence electrons. The maximum Gasteiger partial charge on any atom is 0.355 e. The summed E-state index contributed by atoms with van der Waals surface area (Å²) in [5, 5.41) is 11.4. The third-order valence-electron chi connectivity index (χ3n) is 5.32. The number of hydrogen-bond donors (Lipinski definition) is 1. The van der Waals surface area contributed by atoms with Crippen molar-refractivity contribution in [1.29, 1.82) is 5.26 Å². The number of halogens is 2. The first kappa shape index (κ1) is 21.4. The second-order valence-electron chi connectivity index (χ2n) is 7.31. The fourth-order valence-electron chi connectivity index (χ4n) is 3.80. The van der Waals surface area contributed by atoms with Crippen LogP contribution in [0.5, 0.6) is 11.5 Å². The second-order valence-corrected chi connectivity index (χ2v) is 9.17. The van der Waals surface area contributed by atoms with E-state index in [1.165, 1.54) is 11.3 Å². The SMILES string of the molecule is N#CC1=C(N)Oc2cc(OC(=O)c3sc4ccccc4c3Cl)ccc2C1c1ccc(Cl)cc1. The van der Waals surface area contributed by atoms with Gasteiger partial charge in [0, 0.05) is 26.7 Å². The highest BCUT2D eigenvalue weighted by Gasteiger charge is 2.31. The zero-order valence-corrected chi connectivity index (χ0v) is 19.2. The Kier molecular flexibility index (Phi) is 5.47. The van der Waals surface area contributed by atoms with Gasteiger partial charge in [0.15, 0.2) is 0 Å². The van der Waals surface area contributed by atoms with Crippen molar-refractivity contribution in [2.45, 2.75) is 5.92 Å².